The Morgan fingerprint density at radius 3 is 2.84 bits per heavy atom. The number of fused-ring (bicyclic) bond motifs is 1. The van der Waals surface area contributed by atoms with Gasteiger partial charge in [0.1, 0.15) is 11.5 Å². The summed E-state index contributed by atoms with van der Waals surface area (Å²) < 4.78 is 13.3. The van der Waals surface area contributed by atoms with E-state index in [1.807, 2.05) is 31.1 Å². The van der Waals surface area contributed by atoms with Gasteiger partial charge in [-0.3, -0.25) is 4.79 Å². The standard InChI is InChI=1S/C19H25N3O3/c1-12-6-16(13(2)25-12)19(23)21-8-15(10-24-3)18-17(9-21)20-11-22(18)7-14-4-5-14/h6,11,14-15H,4-5,7-10H2,1-3H3. The molecule has 2 aliphatic rings. The first-order valence-corrected chi connectivity index (χ1v) is 8.96. The molecular weight excluding hydrogens is 318 g/mol. The first-order chi connectivity index (χ1) is 12.1. The fraction of sp³-hybridized carbons (Fsp3) is 0.579. The highest BCUT2D eigenvalue weighted by Gasteiger charge is 2.34. The van der Waals surface area contributed by atoms with Crippen molar-refractivity contribution in [3.8, 4) is 0 Å². The number of amides is 1. The van der Waals surface area contributed by atoms with Crippen LogP contribution in [0.5, 0.6) is 0 Å². The van der Waals surface area contributed by atoms with Gasteiger partial charge in [-0.15, -0.1) is 0 Å². The molecule has 1 atom stereocenters. The second-order valence-corrected chi connectivity index (χ2v) is 7.34. The van der Waals surface area contributed by atoms with Gasteiger partial charge in [-0.05, 0) is 38.7 Å². The van der Waals surface area contributed by atoms with Gasteiger partial charge in [0.05, 0.1) is 30.7 Å². The van der Waals surface area contributed by atoms with E-state index in [1.54, 1.807) is 7.11 Å². The molecule has 1 aliphatic heterocycles. The number of rotatable bonds is 5. The number of hydrogen-bond acceptors (Lipinski definition) is 4. The summed E-state index contributed by atoms with van der Waals surface area (Å²) in [7, 11) is 1.71. The highest BCUT2D eigenvalue weighted by Crippen LogP contribution is 2.35. The average molecular weight is 343 g/mol. The van der Waals surface area contributed by atoms with E-state index in [0.29, 0.717) is 31.0 Å². The smallest absolute Gasteiger partial charge is 0.257 e. The van der Waals surface area contributed by atoms with Crippen molar-refractivity contribution in [1.29, 1.82) is 0 Å². The van der Waals surface area contributed by atoms with Crippen LogP contribution in [0.15, 0.2) is 16.8 Å². The Labute approximate surface area is 147 Å². The Balaban J connectivity index is 1.61. The lowest BCUT2D eigenvalue weighted by Crippen LogP contribution is -2.40. The molecule has 0 spiro atoms. The molecule has 0 saturated heterocycles. The van der Waals surface area contributed by atoms with Gasteiger partial charge in [0.15, 0.2) is 0 Å². The molecule has 2 aromatic rings. The Bertz CT molecular complexity index is 788. The SMILES string of the molecule is COCC1CN(C(=O)c2cc(C)oc2C)Cc2ncn(CC3CC3)c21. The lowest BCUT2D eigenvalue weighted by molar-refractivity contribution is 0.0670. The number of carbonyl (C=O) groups is 1. The molecule has 4 rings (SSSR count). The molecule has 25 heavy (non-hydrogen) atoms. The molecule has 2 aromatic heterocycles. The monoisotopic (exact) mass is 343 g/mol. The molecule has 134 valence electrons. The van der Waals surface area contributed by atoms with Crippen molar-refractivity contribution in [3.63, 3.8) is 0 Å². The quantitative estimate of drug-likeness (QED) is 0.837. The van der Waals surface area contributed by atoms with Gasteiger partial charge in [-0.1, -0.05) is 0 Å². The molecular formula is C19H25N3O3. The van der Waals surface area contributed by atoms with Crippen LogP contribution in [0.4, 0.5) is 0 Å². The maximum absolute atomic E-state index is 13.0. The zero-order valence-corrected chi connectivity index (χ0v) is 15.1. The summed E-state index contributed by atoms with van der Waals surface area (Å²) in [4.78, 5) is 19.5. The summed E-state index contributed by atoms with van der Waals surface area (Å²) in [5, 5.41) is 0. The lowest BCUT2D eigenvalue weighted by Gasteiger charge is -2.33. The van der Waals surface area contributed by atoms with Crippen LogP contribution in [0.2, 0.25) is 0 Å². The number of carbonyl (C=O) groups excluding carboxylic acids is 1. The molecule has 3 heterocycles. The van der Waals surface area contributed by atoms with Gasteiger partial charge >= 0.3 is 0 Å². The second kappa shape index (κ2) is 6.33. The van der Waals surface area contributed by atoms with Gasteiger partial charge in [0.2, 0.25) is 0 Å². The molecule has 0 radical (unpaired) electrons. The third kappa shape index (κ3) is 3.11. The number of ether oxygens (including phenoxy) is 1. The van der Waals surface area contributed by atoms with E-state index in [0.717, 1.165) is 23.9 Å². The predicted octanol–water partition coefficient (Wildman–Crippen LogP) is 2.89. The van der Waals surface area contributed by atoms with Crippen LogP contribution in [0, 0.1) is 19.8 Å². The molecule has 1 amide bonds. The number of furan rings is 1. The second-order valence-electron chi connectivity index (χ2n) is 7.34. The Hall–Kier alpha value is -2.08. The fourth-order valence-corrected chi connectivity index (χ4v) is 3.85. The van der Waals surface area contributed by atoms with E-state index in [2.05, 4.69) is 9.55 Å². The zero-order chi connectivity index (χ0) is 17.6. The third-order valence-corrected chi connectivity index (χ3v) is 5.20. The molecule has 1 saturated carbocycles. The van der Waals surface area contributed by atoms with Gasteiger partial charge in [0, 0.05) is 31.8 Å². The highest BCUT2D eigenvalue weighted by atomic mass is 16.5. The summed E-state index contributed by atoms with van der Waals surface area (Å²) in [5.74, 6) is 2.40. The molecule has 1 fully saturated rings. The van der Waals surface area contributed by atoms with E-state index in [1.165, 1.54) is 18.5 Å². The van der Waals surface area contributed by atoms with E-state index in [9.17, 15) is 4.79 Å². The Morgan fingerprint density at radius 2 is 2.20 bits per heavy atom. The van der Waals surface area contributed by atoms with Crippen molar-refractivity contribution in [2.45, 2.75) is 45.7 Å². The summed E-state index contributed by atoms with van der Waals surface area (Å²) in [6.07, 6.45) is 4.56. The Kier molecular flexibility index (Phi) is 4.15. The normalized spacial score (nSPS) is 20.0. The number of imidazole rings is 1. The maximum Gasteiger partial charge on any atom is 0.257 e. The van der Waals surface area contributed by atoms with Crippen LogP contribution in [-0.2, 0) is 17.8 Å². The number of aromatic nitrogens is 2. The van der Waals surface area contributed by atoms with E-state index in [4.69, 9.17) is 9.15 Å². The maximum atomic E-state index is 13.0. The van der Waals surface area contributed by atoms with E-state index < -0.39 is 0 Å². The van der Waals surface area contributed by atoms with Crippen molar-refractivity contribution >= 4 is 5.91 Å². The van der Waals surface area contributed by atoms with Crippen LogP contribution in [-0.4, -0.2) is 40.6 Å². The van der Waals surface area contributed by atoms with Crippen molar-refractivity contribution < 1.29 is 13.9 Å². The van der Waals surface area contributed by atoms with Gasteiger partial charge in [-0.25, -0.2) is 4.98 Å². The molecule has 6 heteroatoms. The van der Waals surface area contributed by atoms with E-state index in [-0.39, 0.29) is 11.8 Å². The minimum atomic E-state index is 0.0119. The Morgan fingerprint density at radius 1 is 1.40 bits per heavy atom. The first-order valence-electron chi connectivity index (χ1n) is 8.96. The molecule has 0 bridgehead atoms. The summed E-state index contributed by atoms with van der Waals surface area (Å²) >= 11 is 0. The average Bonchev–Trinajstić information content (AvgIpc) is 3.20. The minimum absolute atomic E-state index is 0.0119. The number of nitrogens with zero attached hydrogens (tertiary/aromatic N) is 3. The third-order valence-electron chi connectivity index (χ3n) is 5.20. The van der Waals surface area contributed by atoms with Crippen molar-refractivity contribution in [2.75, 3.05) is 20.3 Å². The van der Waals surface area contributed by atoms with Crippen molar-refractivity contribution in [2.24, 2.45) is 5.92 Å². The van der Waals surface area contributed by atoms with Gasteiger partial charge in [-0.2, -0.15) is 0 Å². The summed E-state index contributed by atoms with van der Waals surface area (Å²) in [5.41, 5.74) is 2.90. The fourth-order valence-electron chi connectivity index (χ4n) is 3.85. The zero-order valence-electron chi connectivity index (χ0n) is 15.1. The van der Waals surface area contributed by atoms with Crippen LogP contribution in [0.1, 0.15) is 52.0 Å². The lowest BCUT2D eigenvalue weighted by atomic mass is 9.98. The summed E-state index contributed by atoms with van der Waals surface area (Å²) in [6.45, 7) is 6.54. The first kappa shape index (κ1) is 16.4. The van der Waals surface area contributed by atoms with Crippen LogP contribution >= 0.6 is 0 Å². The minimum Gasteiger partial charge on any atom is -0.466 e. The van der Waals surface area contributed by atoms with Gasteiger partial charge < -0.3 is 18.6 Å². The van der Waals surface area contributed by atoms with Gasteiger partial charge in [0.25, 0.3) is 5.91 Å². The largest absolute Gasteiger partial charge is 0.466 e. The van der Waals surface area contributed by atoms with Crippen molar-refractivity contribution in [1.82, 2.24) is 14.5 Å². The molecule has 6 nitrogen and oxygen atoms in total. The summed E-state index contributed by atoms with van der Waals surface area (Å²) in [6, 6.07) is 1.82. The number of aryl methyl sites for hydroxylation is 2. The molecule has 0 N–H and O–H groups in total. The molecule has 1 unspecified atom stereocenters. The molecule has 0 aromatic carbocycles. The highest BCUT2D eigenvalue weighted by molar-refractivity contribution is 5.95. The van der Waals surface area contributed by atoms with Crippen molar-refractivity contribution in [3.05, 3.63) is 40.9 Å². The van der Waals surface area contributed by atoms with E-state index >= 15 is 0 Å². The number of methoxy groups -OCH3 is 1. The predicted molar refractivity (Wildman–Crippen MR) is 92.5 cm³/mol. The number of hydrogen-bond donors (Lipinski definition) is 0. The molecule has 1 aliphatic carbocycles. The van der Waals surface area contributed by atoms with Crippen LogP contribution in [0.3, 0.4) is 0 Å². The van der Waals surface area contributed by atoms with Crippen LogP contribution < -0.4 is 0 Å². The topological polar surface area (TPSA) is 60.5 Å². The van der Waals surface area contributed by atoms with Crippen LogP contribution in [0.25, 0.3) is 0 Å².